The van der Waals surface area contributed by atoms with Crippen molar-refractivity contribution in [1.82, 2.24) is 0 Å². The van der Waals surface area contributed by atoms with Crippen molar-refractivity contribution in [2.45, 2.75) is 12.7 Å². The SMILES string of the molecule is NC(N)=NCc1cccc([131I])c1.O=C(O)C(F)(F)F. The van der Waals surface area contributed by atoms with Crippen molar-refractivity contribution in [2.24, 2.45) is 16.5 Å². The zero-order valence-corrected chi connectivity index (χ0v) is 11.6. The molecule has 0 amide bonds. The van der Waals surface area contributed by atoms with E-state index in [4.69, 9.17) is 21.4 Å². The highest BCUT2D eigenvalue weighted by atomic mass is 131. The largest absolute Gasteiger partial charge is 0.490 e. The summed E-state index contributed by atoms with van der Waals surface area (Å²) in [5.74, 6) is -2.62. The molecule has 1 aromatic carbocycles. The average molecular weight is 393 g/mol. The number of guanidine groups is 1. The molecule has 9 heteroatoms. The fourth-order valence-corrected chi connectivity index (χ4v) is 1.43. The molecule has 0 aliphatic rings. The van der Waals surface area contributed by atoms with Crippen LogP contribution in [0.25, 0.3) is 0 Å². The Bertz CT molecular complexity index is 460. The molecule has 1 aromatic rings. The highest BCUT2D eigenvalue weighted by Gasteiger charge is 2.38. The molecule has 0 heterocycles. The molecule has 5 nitrogen and oxygen atoms in total. The first-order valence-corrected chi connectivity index (χ1v) is 5.80. The zero-order valence-electron chi connectivity index (χ0n) is 9.49. The summed E-state index contributed by atoms with van der Waals surface area (Å²) in [7, 11) is 0. The highest BCUT2D eigenvalue weighted by Crippen LogP contribution is 2.13. The summed E-state index contributed by atoms with van der Waals surface area (Å²) in [6, 6.07) is 8.06. The standard InChI is InChI=1S/C8H10IN3.C2HF3O2/c9-7-3-1-2-6(4-7)5-12-8(10)11;3-2(4,5)1(6)7/h1-4H,5H2,(H4,10,11,12);(H,6,7)/i9+4;. The number of carbonyl (C=O) groups is 1. The van der Waals surface area contributed by atoms with Crippen molar-refractivity contribution >= 4 is 34.5 Å². The third-order valence-electron chi connectivity index (χ3n) is 1.58. The Morgan fingerprint density at radius 2 is 1.89 bits per heavy atom. The number of rotatable bonds is 2. The topological polar surface area (TPSA) is 102 Å². The molecule has 19 heavy (non-hydrogen) atoms. The van der Waals surface area contributed by atoms with E-state index in [0.717, 1.165) is 5.56 Å². The first-order chi connectivity index (χ1) is 8.62. The fraction of sp³-hybridized carbons (Fsp3) is 0.200. The van der Waals surface area contributed by atoms with E-state index in [1.54, 1.807) is 0 Å². The molecular formula is C10H11F3IN3O2. The molecule has 0 bridgehead atoms. The summed E-state index contributed by atoms with van der Waals surface area (Å²) >= 11 is 2.25. The number of hydrogen-bond donors (Lipinski definition) is 3. The summed E-state index contributed by atoms with van der Waals surface area (Å²) in [5, 5.41) is 7.12. The van der Waals surface area contributed by atoms with Gasteiger partial charge in [0.25, 0.3) is 0 Å². The van der Waals surface area contributed by atoms with Gasteiger partial charge in [0.2, 0.25) is 0 Å². The molecule has 0 unspecified atom stereocenters. The van der Waals surface area contributed by atoms with Crippen LogP contribution in [-0.2, 0) is 11.3 Å². The lowest BCUT2D eigenvalue weighted by atomic mass is 10.2. The predicted octanol–water partition coefficient (Wildman–Crippen LogP) is 1.70. The molecule has 0 atom stereocenters. The molecular weight excluding hydrogens is 382 g/mol. The summed E-state index contributed by atoms with van der Waals surface area (Å²) in [5.41, 5.74) is 11.5. The first-order valence-electron chi connectivity index (χ1n) is 4.73. The molecule has 0 aliphatic carbocycles. The quantitative estimate of drug-likeness (QED) is 0.405. The molecule has 0 aromatic heterocycles. The van der Waals surface area contributed by atoms with Crippen LogP contribution in [0.3, 0.4) is 0 Å². The minimum absolute atomic E-state index is 0.133. The monoisotopic (exact) mass is 393 g/mol. The van der Waals surface area contributed by atoms with Crippen LogP contribution in [0.15, 0.2) is 29.3 Å². The van der Waals surface area contributed by atoms with E-state index >= 15 is 0 Å². The van der Waals surface area contributed by atoms with Gasteiger partial charge in [0.15, 0.2) is 5.96 Å². The van der Waals surface area contributed by atoms with Crippen LogP contribution in [0.1, 0.15) is 5.56 Å². The minimum atomic E-state index is -5.08. The van der Waals surface area contributed by atoms with Crippen LogP contribution in [0.4, 0.5) is 13.2 Å². The third kappa shape index (κ3) is 9.11. The van der Waals surface area contributed by atoms with Crippen LogP contribution in [-0.4, -0.2) is 23.2 Å². The van der Waals surface area contributed by atoms with Crippen LogP contribution in [0.5, 0.6) is 0 Å². The molecule has 0 fully saturated rings. The van der Waals surface area contributed by atoms with E-state index in [0.29, 0.717) is 6.54 Å². The van der Waals surface area contributed by atoms with Crippen LogP contribution in [0.2, 0.25) is 0 Å². The van der Waals surface area contributed by atoms with E-state index < -0.39 is 12.1 Å². The Morgan fingerprint density at radius 1 is 1.37 bits per heavy atom. The molecule has 106 valence electrons. The second-order valence-electron chi connectivity index (χ2n) is 3.17. The van der Waals surface area contributed by atoms with Gasteiger partial charge in [0.1, 0.15) is 0 Å². The van der Waals surface area contributed by atoms with Crippen molar-refractivity contribution < 1.29 is 23.1 Å². The Balaban J connectivity index is 0.000000399. The van der Waals surface area contributed by atoms with Crippen molar-refractivity contribution in [3.63, 3.8) is 0 Å². The Kier molecular flexibility index (Phi) is 7.19. The Labute approximate surface area is 120 Å². The average Bonchev–Trinajstić information content (AvgIpc) is 2.26. The second-order valence-corrected chi connectivity index (χ2v) is 4.42. The Hall–Kier alpha value is -1.52. The minimum Gasteiger partial charge on any atom is -0.475 e. The van der Waals surface area contributed by atoms with Crippen LogP contribution >= 0.6 is 22.6 Å². The number of nitrogens with zero attached hydrogens (tertiary/aromatic N) is 1. The number of nitrogens with two attached hydrogens (primary N) is 2. The third-order valence-corrected chi connectivity index (χ3v) is 2.25. The van der Waals surface area contributed by atoms with Gasteiger partial charge in [-0.15, -0.1) is 0 Å². The predicted molar refractivity (Wildman–Crippen MR) is 72.4 cm³/mol. The maximum absolute atomic E-state index is 10.6. The van der Waals surface area contributed by atoms with Crippen molar-refractivity contribution in [2.75, 3.05) is 0 Å². The smallest absolute Gasteiger partial charge is 0.475 e. The molecule has 0 aliphatic heterocycles. The number of aliphatic carboxylic acids is 1. The van der Waals surface area contributed by atoms with Gasteiger partial charge in [0, 0.05) is 3.57 Å². The van der Waals surface area contributed by atoms with Gasteiger partial charge in [-0.05, 0) is 40.3 Å². The molecule has 5 N–H and O–H groups in total. The number of alkyl halides is 3. The summed E-state index contributed by atoms with van der Waals surface area (Å²) < 4.78 is 32.9. The highest BCUT2D eigenvalue weighted by molar-refractivity contribution is 14.1. The lowest BCUT2D eigenvalue weighted by Crippen LogP contribution is -2.22. The van der Waals surface area contributed by atoms with E-state index in [1.165, 1.54) is 3.57 Å². The van der Waals surface area contributed by atoms with Crippen molar-refractivity contribution in [3.8, 4) is 0 Å². The Morgan fingerprint density at radius 3 is 2.26 bits per heavy atom. The van der Waals surface area contributed by atoms with Crippen LogP contribution < -0.4 is 11.5 Å². The molecule has 0 radical (unpaired) electrons. The molecule has 0 saturated heterocycles. The van der Waals surface area contributed by atoms with Gasteiger partial charge in [0.05, 0.1) is 6.54 Å². The zero-order chi connectivity index (χ0) is 15.1. The maximum atomic E-state index is 10.6. The van der Waals surface area contributed by atoms with Gasteiger partial charge >= 0.3 is 12.1 Å². The molecule has 0 saturated carbocycles. The number of aliphatic imine (C=N–C) groups is 1. The van der Waals surface area contributed by atoms with E-state index in [2.05, 4.69) is 27.6 Å². The summed E-state index contributed by atoms with van der Waals surface area (Å²) in [6.07, 6.45) is -5.08. The lowest BCUT2D eigenvalue weighted by molar-refractivity contribution is -0.192. The van der Waals surface area contributed by atoms with Gasteiger partial charge in [-0.3, -0.25) is 0 Å². The van der Waals surface area contributed by atoms with Gasteiger partial charge in [-0.25, -0.2) is 9.79 Å². The number of benzene rings is 1. The van der Waals surface area contributed by atoms with Gasteiger partial charge in [-0.2, -0.15) is 13.2 Å². The normalized spacial score (nSPS) is 10.1. The maximum Gasteiger partial charge on any atom is 0.490 e. The van der Waals surface area contributed by atoms with E-state index in [1.807, 2.05) is 24.3 Å². The second kappa shape index (κ2) is 7.81. The van der Waals surface area contributed by atoms with E-state index in [9.17, 15) is 13.2 Å². The summed E-state index contributed by atoms with van der Waals surface area (Å²) in [6.45, 7) is 0.555. The van der Waals surface area contributed by atoms with Crippen molar-refractivity contribution in [3.05, 3.63) is 33.4 Å². The van der Waals surface area contributed by atoms with Crippen LogP contribution in [0, 0.1) is 3.57 Å². The number of hydrogen-bond acceptors (Lipinski definition) is 2. The summed E-state index contributed by atoms with van der Waals surface area (Å²) in [4.78, 5) is 12.8. The van der Waals surface area contributed by atoms with Gasteiger partial charge < -0.3 is 16.6 Å². The fourth-order valence-electron chi connectivity index (χ4n) is 0.818. The van der Waals surface area contributed by atoms with Crippen molar-refractivity contribution in [1.29, 1.82) is 0 Å². The number of carboxylic acid groups (broad SMARTS) is 1. The van der Waals surface area contributed by atoms with E-state index in [-0.39, 0.29) is 5.96 Å². The van der Waals surface area contributed by atoms with Gasteiger partial charge in [-0.1, -0.05) is 12.1 Å². The number of halogens is 4. The molecule has 1 rings (SSSR count). The lowest BCUT2D eigenvalue weighted by Gasteiger charge is -1.97. The number of carboxylic acids is 1. The molecule has 0 spiro atoms. The first kappa shape index (κ1) is 17.5.